The molecule has 0 aliphatic carbocycles. The zero-order valence-electron chi connectivity index (χ0n) is 9.12. The Balaban J connectivity index is 2.28. The third-order valence-electron chi connectivity index (χ3n) is 2.33. The number of rotatable bonds is 4. The molecule has 86 valence electrons. The van der Waals surface area contributed by atoms with E-state index in [0.717, 1.165) is 0 Å². The molecule has 0 aromatic carbocycles. The number of nitrogens with one attached hydrogen (secondary N) is 1. The van der Waals surface area contributed by atoms with Crippen molar-refractivity contribution in [2.45, 2.75) is 19.8 Å². The largest absolute Gasteiger partial charge is 0.381 e. The van der Waals surface area contributed by atoms with Gasteiger partial charge in [-0.1, -0.05) is 0 Å². The molecule has 0 bridgehead atoms. The van der Waals surface area contributed by atoms with Crippen molar-refractivity contribution in [3.63, 3.8) is 0 Å². The van der Waals surface area contributed by atoms with Gasteiger partial charge < -0.3 is 15.0 Å². The van der Waals surface area contributed by atoms with Gasteiger partial charge in [-0.15, -0.1) is 0 Å². The Morgan fingerprint density at radius 2 is 2.33 bits per heavy atom. The Morgan fingerprint density at radius 3 is 3.07 bits per heavy atom. The SMILES string of the molecule is CCOCCC(=O)N1CCNC(=O)CC1. The molecule has 0 aromatic heterocycles. The number of hydrogen-bond donors (Lipinski definition) is 1. The number of ether oxygens (including phenoxy) is 1. The van der Waals surface area contributed by atoms with Crippen LogP contribution in [0.3, 0.4) is 0 Å². The van der Waals surface area contributed by atoms with Crippen LogP contribution < -0.4 is 5.32 Å². The Hall–Kier alpha value is -1.10. The average molecular weight is 214 g/mol. The highest BCUT2D eigenvalue weighted by Crippen LogP contribution is 2.00. The van der Waals surface area contributed by atoms with Crippen LogP contribution in [-0.4, -0.2) is 49.6 Å². The number of nitrogens with zero attached hydrogens (tertiary/aromatic N) is 1. The second-order valence-corrected chi connectivity index (χ2v) is 3.43. The number of carbonyl (C=O) groups is 2. The van der Waals surface area contributed by atoms with Gasteiger partial charge in [0.15, 0.2) is 0 Å². The van der Waals surface area contributed by atoms with Crippen molar-refractivity contribution in [2.24, 2.45) is 0 Å². The maximum atomic E-state index is 11.6. The highest BCUT2D eigenvalue weighted by Gasteiger charge is 2.17. The Morgan fingerprint density at radius 1 is 1.53 bits per heavy atom. The molecule has 0 radical (unpaired) electrons. The molecular formula is C10H18N2O3. The van der Waals surface area contributed by atoms with E-state index in [1.54, 1.807) is 4.90 Å². The molecule has 0 spiro atoms. The number of amides is 2. The van der Waals surface area contributed by atoms with Crippen molar-refractivity contribution in [3.05, 3.63) is 0 Å². The lowest BCUT2D eigenvalue weighted by Crippen LogP contribution is -2.34. The second-order valence-electron chi connectivity index (χ2n) is 3.43. The van der Waals surface area contributed by atoms with Gasteiger partial charge in [0.05, 0.1) is 13.0 Å². The molecular weight excluding hydrogens is 196 g/mol. The second kappa shape index (κ2) is 6.40. The highest BCUT2D eigenvalue weighted by molar-refractivity contribution is 5.80. The van der Waals surface area contributed by atoms with Gasteiger partial charge in [-0.2, -0.15) is 0 Å². The van der Waals surface area contributed by atoms with Crippen molar-refractivity contribution in [2.75, 3.05) is 32.8 Å². The minimum Gasteiger partial charge on any atom is -0.381 e. The summed E-state index contributed by atoms with van der Waals surface area (Å²) in [5, 5.41) is 2.73. The van der Waals surface area contributed by atoms with E-state index < -0.39 is 0 Å². The lowest BCUT2D eigenvalue weighted by Gasteiger charge is -2.19. The molecule has 1 aliphatic heterocycles. The molecule has 0 saturated carbocycles. The predicted molar refractivity (Wildman–Crippen MR) is 55.3 cm³/mol. The molecule has 1 rings (SSSR count). The molecule has 5 heteroatoms. The van der Waals surface area contributed by atoms with Crippen molar-refractivity contribution >= 4 is 11.8 Å². The monoisotopic (exact) mass is 214 g/mol. The summed E-state index contributed by atoms with van der Waals surface area (Å²) in [6, 6.07) is 0. The van der Waals surface area contributed by atoms with Crippen LogP contribution in [0.4, 0.5) is 0 Å². The van der Waals surface area contributed by atoms with Crippen molar-refractivity contribution in [1.29, 1.82) is 0 Å². The topological polar surface area (TPSA) is 58.6 Å². The van der Waals surface area contributed by atoms with Crippen LogP contribution in [0, 0.1) is 0 Å². The van der Waals surface area contributed by atoms with Gasteiger partial charge >= 0.3 is 0 Å². The van der Waals surface area contributed by atoms with Gasteiger partial charge in [-0.3, -0.25) is 9.59 Å². The van der Waals surface area contributed by atoms with Crippen LogP contribution in [-0.2, 0) is 14.3 Å². The smallest absolute Gasteiger partial charge is 0.224 e. The average Bonchev–Trinajstić information content (AvgIpc) is 2.43. The first-order valence-corrected chi connectivity index (χ1v) is 5.36. The maximum Gasteiger partial charge on any atom is 0.224 e. The summed E-state index contributed by atoms with van der Waals surface area (Å²) in [5.41, 5.74) is 0. The summed E-state index contributed by atoms with van der Waals surface area (Å²) in [7, 11) is 0. The number of carbonyl (C=O) groups excluding carboxylic acids is 2. The summed E-state index contributed by atoms with van der Waals surface area (Å²) in [5.74, 6) is 0.0926. The zero-order chi connectivity index (χ0) is 11.1. The van der Waals surface area contributed by atoms with Gasteiger partial charge in [0.2, 0.25) is 11.8 Å². The molecule has 0 atom stereocenters. The molecule has 1 aliphatic rings. The molecule has 15 heavy (non-hydrogen) atoms. The van der Waals surface area contributed by atoms with Crippen LogP contribution in [0.15, 0.2) is 0 Å². The summed E-state index contributed by atoms with van der Waals surface area (Å²) in [4.78, 5) is 24.4. The Labute approximate surface area is 89.8 Å². The maximum absolute atomic E-state index is 11.6. The summed E-state index contributed by atoms with van der Waals surface area (Å²) in [6.45, 7) is 4.69. The van der Waals surface area contributed by atoms with E-state index in [4.69, 9.17) is 4.74 Å². The van der Waals surface area contributed by atoms with E-state index in [2.05, 4.69) is 5.32 Å². The quantitative estimate of drug-likeness (QED) is 0.657. The van der Waals surface area contributed by atoms with Crippen LogP contribution in [0.5, 0.6) is 0 Å². The molecule has 1 saturated heterocycles. The summed E-state index contributed by atoms with van der Waals surface area (Å²) >= 11 is 0. The third kappa shape index (κ3) is 4.29. The van der Waals surface area contributed by atoms with E-state index in [9.17, 15) is 9.59 Å². The van der Waals surface area contributed by atoms with Crippen LogP contribution >= 0.6 is 0 Å². The van der Waals surface area contributed by atoms with Crippen LogP contribution in [0.1, 0.15) is 19.8 Å². The van der Waals surface area contributed by atoms with Crippen molar-refractivity contribution < 1.29 is 14.3 Å². The fourth-order valence-corrected chi connectivity index (χ4v) is 1.48. The first kappa shape index (κ1) is 12.0. The van der Waals surface area contributed by atoms with Crippen molar-refractivity contribution in [1.82, 2.24) is 10.2 Å². The van der Waals surface area contributed by atoms with E-state index in [1.165, 1.54) is 0 Å². The highest BCUT2D eigenvalue weighted by atomic mass is 16.5. The standard InChI is InChI=1S/C10H18N2O3/c1-2-15-8-4-10(14)12-6-3-9(13)11-5-7-12/h2-8H2,1H3,(H,11,13). The van der Waals surface area contributed by atoms with Gasteiger partial charge in [-0.05, 0) is 6.92 Å². The normalized spacial score (nSPS) is 17.1. The molecule has 1 N–H and O–H groups in total. The van der Waals surface area contributed by atoms with E-state index in [1.807, 2.05) is 6.92 Å². The third-order valence-corrected chi connectivity index (χ3v) is 2.33. The van der Waals surface area contributed by atoms with Gasteiger partial charge in [-0.25, -0.2) is 0 Å². The molecule has 5 nitrogen and oxygen atoms in total. The summed E-state index contributed by atoms with van der Waals surface area (Å²) in [6.07, 6.45) is 0.808. The Kier molecular flexibility index (Phi) is 5.10. The zero-order valence-corrected chi connectivity index (χ0v) is 9.12. The minimum absolute atomic E-state index is 0.0232. The van der Waals surface area contributed by atoms with Gasteiger partial charge in [0, 0.05) is 32.7 Å². The van der Waals surface area contributed by atoms with Gasteiger partial charge in [0.1, 0.15) is 0 Å². The fourth-order valence-electron chi connectivity index (χ4n) is 1.48. The molecule has 0 aromatic rings. The fraction of sp³-hybridized carbons (Fsp3) is 0.800. The Bertz CT molecular complexity index is 231. The van der Waals surface area contributed by atoms with Crippen LogP contribution in [0.2, 0.25) is 0 Å². The van der Waals surface area contributed by atoms with E-state index in [-0.39, 0.29) is 11.8 Å². The lowest BCUT2D eigenvalue weighted by molar-refractivity contribution is -0.132. The van der Waals surface area contributed by atoms with E-state index >= 15 is 0 Å². The van der Waals surface area contributed by atoms with Crippen molar-refractivity contribution in [3.8, 4) is 0 Å². The lowest BCUT2D eigenvalue weighted by atomic mass is 10.3. The molecule has 1 fully saturated rings. The first-order valence-electron chi connectivity index (χ1n) is 5.36. The van der Waals surface area contributed by atoms with Gasteiger partial charge in [0.25, 0.3) is 0 Å². The minimum atomic E-state index is 0.0232. The summed E-state index contributed by atoms with van der Waals surface area (Å²) < 4.78 is 5.12. The molecule has 0 unspecified atom stereocenters. The molecule has 2 amide bonds. The van der Waals surface area contributed by atoms with E-state index in [0.29, 0.717) is 45.7 Å². The van der Waals surface area contributed by atoms with Crippen LogP contribution in [0.25, 0.3) is 0 Å². The number of hydrogen-bond acceptors (Lipinski definition) is 3. The predicted octanol–water partition coefficient (Wildman–Crippen LogP) is -0.238. The first-order chi connectivity index (χ1) is 7.24. The molecule has 1 heterocycles.